The highest BCUT2D eigenvalue weighted by molar-refractivity contribution is 6.02. The van der Waals surface area contributed by atoms with Crippen LogP contribution in [0.15, 0.2) is 18.2 Å². The molecule has 0 aliphatic carbocycles. The van der Waals surface area contributed by atoms with Crippen LogP contribution in [0.1, 0.15) is 76.1 Å². The number of amides is 2. The molecule has 0 radical (unpaired) electrons. The molecule has 2 rings (SSSR count). The van der Waals surface area contributed by atoms with Gasteiger partial charge >= 0.3 is 0 Å². The maximum Gasteiger partial charge on any atom is 0.253 e. The van der Waals surface area contributed by atoms with E-state index in [0.717, 1.165) is 63.7 Å². The molecule has 1 fully saturated rings. The van der Waals surface area contributed by atoms with Crippen molar-refractivity contribution in [3.63, 3.8) is 0 Å². The standard InChI is InChI=1S/C24H39N3O3/c1-4-7-11-19(5-2)23(28)26-20-12-13-22(27-15-8-9-16-27)21(18-20)24(29)25-14-10-17-30-6-3/h12-13,18-19H,4-11,14-17H2,1-3H3,(H,25,29)(H,26,28)/t19-/m0/s1. The number of anilines is 2. The number of carbonyl (C=O) groups excluding carboxylic acids is 2. The summed E-state index contributed by atoms with van der Waals surface area (Å²) in [6.07, 6.45) is 6.93. The van der Waals surface area contributed by atoms with Crippen LogP contribution in [0, 0.1) is 5.92 Å². The summed E-state index contributed by atoms with van der Waals surface area (Å²) in [7, 11) is 0. The van der Waals surface area contributed by atoms with E-state index in [9.17, 15) is 9.59 Å². The summed E-state index contributed by atoms with van der Waals surface area (Å²) in [4.78, 5) is 27.9. The van der Waals surface area contributed by atoms with Gasteiger partial charge in [-0.05, 0) is 57.2 Å². The number of unbranched alkanes of at least 4 members (excludes halogenated alkanes) is 1. The van der Waals surface area contributed by atoms with E-state index in [4.69, 9.17) is 4.74 Å². The van der Waals surface area contributed by atoms with Gasteiger partial charge in [0.1, 0.15) is 0 Å². The summed E-state index contributed by atoms with van der Waals surface area (Å²) >= 11 is 0. The molecule has 168 valence electrons. The van der Waals surface area contributed by atoms with Gasteiger partial charge in [-0.25, -0.2) is 0 Å². The third kappa shape index (κ3) is 7.31. The molecule has 2 N–H and O–H groups in total. The van der Waals surface area contributed by atoms with Crippen LogP contribution in [0.5, 0.6) is 0 Å². The summed E-state index contributed by atoms with van der Waals surface area (Å²) in [5, 5.41) is 6.05. The second-order valence-electron chi connectivity index (χ2n) is 7.97. The van der Waals surface area contributed by atoms with Crippen molar-refractivity contribution in [2.45, 2.75) is 65.7 Å². The predicted octanol–water partition coefficient (Wildman–Crippen LogP) is 4.60. The minimum atomic E-state index is -0.0949. The Morgan fingerprint density at radius 3 is 2.57 bits per heavy atom. The number of hydrogen-bond donors (Lipinski definition) is 2. The van der Waals surface area contributed by atoms with E-state index >= 15 is 0 Å². The molecule has 6 heteroatoms. The van der Waals surface area contributed by atoms with Crippen molar-refractivity contribution in [2.75, 3.05) is 43.1 Å². The number of benzene rings is 1. The number of nitrogens with one attached hydrogen (secondary N) is 2. The average molecular weight is 418 g/mol. The monoisotopic (exact) mass is 417 g/mol. The van der Waals surface area contributed by atoms with Gasteiger partial charge < -0.3 is 20.3 Å². The zero-order valence-corrected chi connectivity index (χ0v) is 19.0. The number of carbonyl (C=O) groups is 2. The molecule has 0 spiro atoms. The van der Waals surface area contributed by atoms with Gasteiger partial charge in [0.25, 0.3) is 5.91 Å². The molecule has 1 aromatic rings. The normalized spacial score (nSPS) is 14.6. The van der Waals surface area contributed by atoms with Gasteiger partial charge in [0.2, 0.25) is 5.91 Å². The third-order valence-corrected chi connectivity index (χ3v) is 5.68. The molecule has 30 heavy (non-hydrogen) atoms. The molecule has 2 amide bonds. The van der Waals surface area contributed by atoms with E-state index in [1.54, 1.807) is 0 Å². The quantitative estimate of drug-likeness (QED) is 0.460. The Morgan fingerprint density at radius 2 is 1.90 bits per heavy atom. The number of hydrogen-bond acceptors (Lipinski definition) is 4. The predicted molar refractivity (Wildman–Crippen MR) is 123 cm³/mol. The van der Waals surface area contributed by atoms with Crippen LogP contribution in [-0.2, 0) is 9.53 Å². The van der Waals surface area contributed by atoms with Crippen molar-refractivity contribution in [2.24, 2.45) is 5.92 Å². The van der Waals surface area contributed by atoms with Gasteiger partial charge in [-0.1, -0.05) is 26.7 Å². The van der Waals surface area contributed by atoms with Gasteiger partial charge in [0.15, 0.2) is 0 Å². The minimum Gasteiger partial charge on any atom is -0.382 e. The average Bonchev–Trinajstić information content (AvgIpc) is 3.28. The molecule has 0 unspecified atom stereocenters. The number of rotatable bonds is 13. The van der Waals surface area contributed by atoms with E-state index in [0.29, 0.717) is 31.0 Å². The molecule has 1 heterocycles. The first kappa shape index (κ1) is 24.2. The van der Waals surface area contributed by atoms with E-state index < -0.39 is 0 Å². The smallest absolute Gasteiger partial charge is 0.253 e. The largest absolute Gasteiger partial charge is 0.382 e. The Morgan fingerprint density at radius 1 is 1.13 bits per heavy atom. The summed E-state index contributed by atoms with van der Waals surface area (Å²) in [6, 6.07) is 5.73. The van der Waals surface area contributed by atoms with Crippen LogP contribution in [0.25, 0.3) is 0 Å². The minimum absolute atomic E-state index is 0.0130. The third-order valence-electron chi connectivity index (χ3n) is 5.68. The Labute approximate surface area is 181 Å². The molecule has 1 aliphatic rings. The van der Waals surface area contributed by atoms with Crippen molar-refractivity contribution in [1.29, 1.82) is 0 Å². The first-order valence-corrected chi connectivity index (χ1v) is 11.7. The molecule has 1 atom stereocenters. The van der Waals surface area contributed by atoms with Crippen LogP contribution >= 0.6 is 0 Å². The Balaban J connectivity index is 2.11. The van der Waals surface area contributed by atoms with E-state index in [1.165, 1.54) is 0 Å². The van der Waals surface area contributed by atoms with Gasteiger partial charge in [0, 0.05) is 50.1 Å². The van der Waals surface area contributed by atoms with Crippen molar-refractivity contribution in [3.8, 4) is 0 Å². The lowest BCUT2D eigenvalue weighted by Gasteiger charge is -2.22. The van der Waals surface area contributed by atoms with Crippen LogP contribution in [0.2, 0.25) is 0 Å². The summed E-state index contributed by atoms with van der Waals surface area (Å²) < 4.78 is 5.34. The first-order valence-electron chi connectivity index (χ1n) is 11.7. The van der Waals surface area contributed by atoms with Gasteiger partial charge in [-0.3, -0.25) is 9.59 Å². The molecule has 1 aliphatic heterocycles. The van der Waals surface area contributed by atoms with Gasteiger partial charge in [-0.15, -0.1) is 0 Å². The molecule has 1 aromatic carbocycles. The lowest BCUT2D eigenvalue weighted by Crippen LogP contribution is -2.29. The van der Waals surface area contributed by atoms with Crippen LogP contribution in [0.4, 0.5) is 11.4 Å². The number of ether oxygens (including phenoxy) is 1. The second-order valence-corrected chi connectivity index (χ2v) is 7.97. The zero-order valence-electron chi connectivity index (χ0n) is 19.0. The summed E-state index contributed by atoms with van der Waals surface area (Å²) in [6.45, 7) is 9.98. The van der Waals surface area contributed by atoms with Crippen molar-refractivity contribution in [1.82, 2.24) is 5.32 Å². The second kappa shape index (κ2) is 13.3. The fraction of sp³-hybridized carbons (Fsp3) is 0.667. The summed E-state index contributed by atoms with van der Waals surface area (Å²) in [5.41, 5.74) is 2.27. The first-order chi connectivity index (χ1) is 14.6. The highest BCUT2D eigenvalue weighted by Crippen LogP contribution is 2.28. The van der Waals surface area contributed by atoms with Gasteiger partial charge in [0.05, 0.1) is 5.56 Å². The zero-order chi connectivity index (χ0) is 21.8. The molecule has 0 aromatic heterocycles. The van der Waals surface area contributed by atoms with Crippen molar-refractivity contribution >= 4 is 23.2 Å². The van der Waals surface area contributed by atoms with E-state index in [1.807, 2.05) is 25.1 Å². The fourth-order valence-electron chi connectivity index (χ4n) is 3.86. The molecule has 0 bridgehead atoms. The molecular formula is C24H39N3O3. The lowest BCUT2D eigenvalue weighted by molar-refractivity contribution is -0.120. The number of nitrogens with zero attached hydrogens (tertiary/aromatic N) is 1. The van der Waals surface area contributed by atoms with Crippen molar-refractivity contribution in [3.05, 3.63) is 23.8 Å². The Hall–Kier alpha value is -2.08. The van der Waals surface area contributed by atoms with E-state index in [-0.39, 0.29) is 17.7 Å². The Kier molecular flexibility index (Phi) is 10.7. The fourth-order valence-corrected chi connectivity index (χ4v) is 3.86. The maximum atomic E-state index is 12.9. The van der Waals surface area contributed by atoms with Crippen LogP contribution < -0.4 is 15.5 Å². The maximum absolute atomic E-state index is 12.9. The molecule has 6 nitrogen and oxygen atoms in total. The van der Waals surface area contributed by atoms with Crippen molar-refractivity contribution < 1.29 is 14.3 Å². The molecular weight excluding hydrogens is 378 g/mol. The van der Waals surface area contributed by atoms with Crippen LogP contribution in [0.3, 0.4) is 0 Å². The van der Waals surface area contributed by atoms with Crippen LogP contribution in [-0.4, -0.2) is 44.7 Å². The van der Waals surface area contributed by atoms with E-state index in [2.05, 4.69) is 29.4 Å². The Bertz CT molecular complexity index is 672. The molecule has 0 saturated carbocycles. The SMILES string of the molecule is CCCC[C@H](CC)C(=O)Nc1ccc(N2CCCC2)c(C(=O)NCCCOCC)c1. The topological polar surface area (TPSA) is 70.7 Å². The highest BCUT2D eigenvalue weighted by atomic mass is 16.5. The molecule has 1 saturated heterocycles. The summed E-state index contributed by atoms with van der Waals surface area (Å²) in [5.74, 6) is -0.0375. The van der Waals surface area contributed by atoms with Gasteiger partial charge in [-0.2, -0.15) is 0 Å². The lowest BCUT2D eigenvalue weighted by atomic mass is 9.98. The highest BCUT2D eigenvalue weighted by Gasteiger charge is 2.21.